The van der Waals surface area contributed by atoms with Gasteiger partial charge in [0.05, 0.1) is 5.56 Å². The van der Waals surface area contributed by atoms with Crippen LogP contribution in [0.25, 0.3) is 0 Å². The zero-order valence-electron chi connectivity index (χ0n) is 11.5. The van der Waals surface area contributed by atoms with Gasteiger partial charge >= 0.3 is 5.97 Å². The van der Waals surface area contributed by atoms with Gasteiger partial charge in [-0.1, -0.05) is 30.3 Å². The second kappa shape index (κ2) is 5.65. The van der Waals surface area contributed by atoms with Crippen LogP contribution in [0.2, 0.25) is 0 Å². The number of carboxylic acids is 1. The van der Waals surface area contributed by atoms with E-state index in [1.54, 1.807) is 13.0 Å². The summed E-state index contributed by atoms with van der Waals surface area (Å²) < 4.78 is 5.81. The van der Waals surface area contributed by atoms with Crippen LogP contribution in [-0.2, 0) is 0 Å². The molecule has 3 N–H and O–H groups in total. The summed E-state index contributed by atoms with van der Waals surface area (Å²) >= 11 is 0. The molecule has 4 heteroatoms. The minimum absolute atomic E-state index is 0.0697. The molecule has 0 saturated heterocycles. The number of nitrogens with two attached hydrogens (primary N) is 1. The number of ether oxygens (including phenoxy) is 1. The number of nitrogen functional groups attached to an aromatic ring is 1. The molecular formula is C16H17NO3. The first kappa shape index (κ1) is 13.9. The van der Waals surface area contributed by atoms with Gasteiger partial charge in [0.2, 0.25) is 0 Å². The molecule has 0 saturated carbocycles. The number of carboxylic acid groups (broad SMARTS) is 1. The van der Waals surface area contributed by atoms with Crippen molar-refractivity contribution in [1.29, 1.82) is 0 Å². The quantitative estimate of drug-likeness (QED) is 0.836. The van der Waals surface area contributed by atoms with Crippen LogP contribution in [0.15, 0.2) is 42.5 Å². The Morgan fingerprint density at radius 3 is 2.50 bits per heavy atom. The number of aryl methyl sites for hydroxylation is 1. The molecule has 0 heterocycles. The zero-order chi connectivity index (χ0) is 14.7. The summed E-state index contributed by atoms with van der Waals surface area (Å²) in [5, 5.41) is 9.13. The van der Waals surface area contributed by atoms with Crippen LogP contribution in [0.5, 0.6) is 5.75 Å². The van der Waals surface area contributed by atoms with Crippen molar-refractivity contribution >= 4 is 11.7 Å². The third-order valence-corrected chi connectivity index (χ3v) is 3.17. The van der Waals surface area contributed by atoms with Crippen molar-refractivity contribution in [2.24, 2.45) is 0 Å². The fourth-order valence-corrected chi connectivity index (χ4v) is 2.01. The number of rotatable bonds is 4. The summed E-state index contributed by atoms with van der Waals surface area (Å²) in [5.41, 5.74) is 7.82. The van der Waals surface area contributed by atoms with Crippen LogP contribution >= 0.6 is 0 Å². The van der Waals surface area contributed by atoms with Crippen LogP contribution in [0.3, 0.4) is 0 Å². The Kier molecular flexibility index (Phi) is 3.94. The topological polar surface area (TPSA) is 72.5 Å². The Bertz CT molecular complexity index is 623. The molecule has 0 aliphatic carbocycles. The number of hydrogen-bond acceptors (Lipinski definition) is 3. The van der Waals surface area contributed by atoms with Gasteiger partial charge in [0.25, 0.3) is 0 Å². The summed E-state index contributed by atoms with van der Waals surface area (Å²) in [6.45, 7) is 3.68. The lowest BCUT2D eigenvalue weighted by Gasteiger charge is -2.17. The van der Waals surface area contributed by atoms with Crippen molar-refractivity contribution in [2.45, 2.75) is 20.0 Å². The largest absolute Gasteiger partial charge is 0.486 e. The Morgan fingerprint density at radius 1 is 1.25 bits per heavy atom. The van der Waals surface area contributed by atoms with Gasteiger partial charge in [0.15, 0.2) is 0 Å². The molecule has 0 aliphatic heterocycles. The first-order chi connectivity index (χ1) is 9.49. The van der Waals surface area contributed by atoms with Crippen molar-refractivity contribution < 1.29 is 14.6 Å². The van der Waals surface area contributed by atoms with Crippen LogP contribution in [0, 0.1) is 6.92 Å². The maximum absolute atomic E-state index is 11.1. The summed E-state index contributed by atoms with van der Waals surface area (Å²) in [6.07, 6.45) is -0.166. The van der Waals surface area contributed by atoms with Gasteiger partial charge in [0, 0.05) is 5.69 Å². The molecule has 0 spiro atoms. The first-order valence-corrected chi connectivity index (χ1v) is 6.34. The van der Waals surface area contributed by atoms with Crippen molar-refractivity contribution in [3.05, 3.63) is 59.2 Å². The minimum Gasteiger partial charge on any atom is -0.486 e. The van der Waals surface area contributed by atoms with Gasteiger partial charge in [-0.25, -0.2) is 4.79 Å². The Morgan fingerprint density at radius 2 is 1.90 bits per heavy atom. The number of aromatic carboxylic acids is 1. The van der Waals surface area contributed by atoms with Crippen LogP contribution in [0.1, 0.15) is 34.5 Å². The highest BCUT2D eigenvalue weighted by molar-refractivity contribution is 5.95. The van der Waals surface area contributed by atoms with Crippen LogP contribution in [0.4, 0.5) is 5.69 Å². The molecule has 20 heavy (non-hydrogen) atoms. The zero-order valence-corrected chi connectivity index (χ0v) is 11.5. The second-order valence-corrected chi connectivity index (χ2v) is 4.68. The average molecular weight is 271 g/mol. The molecule has 1 unspecified atom stereocenters. The van der Waals surface area contributed by atoms with Crippen molar-refractivity contribution in [1.82, 2.24) is 0 Å². The Balaban J connectivity index is 2.28. The molecule has 0 amide bonds. The Labute approximate surface area is 117 Å². The number of benzene rings is 2. The lowest BCUT2D eigenvalue weighted by molar-refractivity contribution is 0.0697. The van der Waals surface area contributed by atoms with E-state index in [4.69, 9.17) is 15.6 Å². The standard InChI is InChI=1S/C16H17NO3/c1-10-8-13(9-14(15(10)17)16(18)19)20-11(2)12-6-4-3-5-7-12/h3-9,11H,17H2,1-2H3,(H,18,19). The second-order valence-electron chi connectivity index (χ2n) is 4.68. The van der Waals surface area contributed by atoms with Gasteiger partial charge in [-0.15, -0.1) is 0 Å². The first-order valence-electron chi connectivity index (χ1n) is 6.34. The molecule has 2 aromatic carbocycles. The lowest BCUT2D eigenvalue weighted by Crippen LogP contribution is -2.07. The maximum atomic E-state index is 11.1. The number of carbonyl (C=O) groups is 1. The molecule has 0 bridgehead atoms. The van der Waals surface area contributed by atoms with E-state index >= 15 is 0 Å². The van der Waals surface area contributed by atoms with E-state index in [9.17, 15) is 4.79 Å². The highest BCUT2D eigenvalue weighted by Crippen LogP contribution is 2.28. The van der Waals surface area contributed by atoms with Gasteiger partial charge in [-0.2, -0.15) is 0 Å². The molecule has 104 valence electrons. The molecule has 1 atom stereocenters. The predicted octanol–water partition coefficient (Wildman–Crippen LogP) is 3.42. The normalized spacial score (nSPS) is 11.9. The van der Waals surface area contributed by atoms with Crippen molar-refractivity contribution in [2.75, 3.05) is 5.73 Å². The molecule has 0 radical (unpaired) electrons. The smallest absolute Gasteiger partial charge is 0.337 e. The molecule has 4 nitrogen and oxygen atoms in total. The molecule has 2 aromatic rings. The highest BCUT2D eigenvalue weighted by Gasteiger charge is 2.14. The lowest BCUT2D eigenvalue weighted by atomic mass is 10.1. The number of anilines is 1. The van der Waals surface area contributed by atoms with E-state index < -0.39 is 5.97 Å². The van der Waals surface area contributed by atoms with Gasteiger partial charge in [-0.3, -0.25) is 0 Å². The van der Waals surface area contributed by atoms with E-state index in [0.29, 0.717) is 11.3 Å². The van der Waals surface area contributed by atoms with Gasteiger partial charge in [0.1, 0.15) is 11.9 Å². The third kappa shape index (κ3) is 2.91. The minimum atomic E-state index is -1.05. The fourth-order valence-electron chi connectivity index (χ4n) is 2.01. The Hall–Kier alpha value is -2.49. The average Bonchev–Trinajstić information content (AvgIpc) is 2.43. The van der Waals surface area contributed by atoms with E-state index in [2.05, 4.69) is 0 Å². The van der Waals surface area contributed by atoms with Gasteiger partial charge in [-0.05, 0) is 37.1 Å². The fraction of sp³-hybridized carbons (Fsp3) is 0.188. The van der Waals surface area contributed by atoms with Gasteiger partial charge < -0.3 is 15.6 Å². The van der Waals surface area contributed by atoms with Crippen molar-refractivity contribution in [3.63, 3.8) is 0 Å². The predicted molar refractivity (Wildman–Crippen MR) is 78.0 cm³/mol. The molecule has 2 rings (SSSR count). The van der Waals surface area contributed by atoms with E-state index in [-0.39, 0.29) is 17.4 Å². The molecule has 0 aromatic heterocycles. The van der Waals surface area contributed by atoms with Crippen molar-refractivity contribution in [3.8, 4) is 5.75 Å². The summed E-state index contributed by atoms with van der Waals surface area (Å²) in [4.78, 5) is 11.1. The summed E-state index contributed by atoms with van der Waals surface area (Å²) in [5.74, 6) is -0.547. The summed E-state index contributed by atoms with van der Waals surface area (Å²) in [7, 11) is 0. The molecule has 0 fully saturated rings. The van der Waals surface area contributed by atoms with E-state index in [1.807, 2.05) is 37.3 Å². The molecule has 0 aliphatic rings. The maximum Gasteiger partial charge on any atom is 0.337 e. The highest BCUT2D eigenvalue weighted by atomic mass is 16.5. The van der Waals surface area contributed by atoms with E-state index in [0.717, 1.165) is 5.56 Å². The summed E-state index contributed by atoms with van der Waals surface area (Å²) in [6, 6.07) is 13.0. The van der Waals surface area contributed by atoms with Crippen LogP contribution in [-0.4, -0.2) is 11.1 Å². The van der Waals surface area contributed by atoms with E-state index in [1.165, 1.54) is 6.07 Å². The monoisotopic (exact) mass is 271 g/mol. The van der Waals surface area contributed by atoms with Crippen LogP contribution < -0.4 is 10.5 Å². The molecular weight excluding hydrogens is 254 g/mol. The third-order valence-electron chi connectivity index (χ3n) is 3.17. The SMILES string of the molecule is Cc1cc(OC(C)c2ccccc2)cc(C(=O)O)c1N. The number of hydrogen-bond donors (Lipinski definition) is 2.